The lowest BCUT2D eigenvalue weighted by Crippen LogP contribution is -2.43. The van der Waals surface area contributed by atoms with Crippen molar-refractivity contribution in [3.8, 4) is 5.75 Å². The van der Waals surface area contributed by atoms with Crippen molar-refractivity contribution < 1.29 is 22.5 Å². The molecule has 0 N–H and O–H groups in total. The fraction of sp³-hybridized carbons (Fsp3) is 0.333. The molecule has 2 unspecified atom stereocenters. The molecular weight excluding hydrogens is 334 g/mol. The van der Waals surface area contributed by atoms with Crippen LogP contribution in [0.4, 0.5) is 8.78 Å². The fourth-order valence-corrected chi connectivity index (χ4v) is 3.31. The van der Waals surface area contributed by atoms with E-state index < -0.39 is 33.6 Å². The average Bonchev–Trinajstić information content (AvgIpc) is 3.29. The molecule has 1 heterocycles. The molecule has 2 atom stereocenters. The van der Waals surface area contributed by atoms with Crippen LogP contribution in [-0.4, -0.2) is 22.7 Å². The highest BCUT2D eigenvalue weighted by Gasteiger charge is 2.61. The van der Waals surface area contributed by atoms with Crippen LogP contribution in [0.2, 0.25) is 0 Å². The summed E-state index contributed by atoms with van der Waals surface area (Å²) in [6.45, 7) is 3.89. The molecule has 0 spiro atoms. The molecule has 0 aliphatic carbocycles. The molecule has 0 bridgehead atoms. The minimum absolute atomic E-state index is 0.278. The molecule has 0 radical (unpaired) electrons. The van der Waals surface area contributed by atoms with Gasteiger partial charge >= 0.3 is 0 Å². The van der Waals surface area contributed by atoms with Gasteiger partial charge in [-0.1, -0.05) is 6.07 Å². The monoisotopic (exact) mass is 352 g/mol. The minimum Gasteiger partial charge on any atom is -0.484 e. The second-order valence-electron chi connectivity index (χ2n) is 6.28. The van der Waals surface area contributed by atoms with Gasteiger partial charge in [-0.3, -0.25) is 4.21 Å². The van der Waals surface area contributed by atoms with Crippen LogP contribution in [0.25, 0.3) is 0 Å². The maximum absolute atomic E-state index is 14.2. The molecule has 0 saturated carbocycles. The lowest BCUT2D eigenvalue weighted by Gasteiger charge is -2.33. The number of ether oxygens (including phenoxy) is 2. The number of halogens is 2. The number of rotatable bonds is 5. The summed E-state index contributed by atoms with van der Waals surface area (Å²) in [5.74, 6) is -0.721. The standard InChI is InChI=1S/C18H18F2O3S/c1-17(2,23-13-5-7-14(8-6-13)24(3)21)18(11-22-18)15-9-4-12(19)10-16(15)20/h4-10H,11H2,1-3H3. The first-order chi connectivity index (χ1) is 11.2. The Morgan fingerprint density at radius 2 is 1.79 bits per heavy atom. The van der Waals surface area contributed by atoms with Gasteiger partial charge in [-0.15, -0.1) is 0 Å². The van der Waals surface area contributed by atoms with Gasteiger partial charge in [0.2, 0.25) is 0 Å². The summed E-state index contributed by atoms with van der Waals surface area (Å²) in [4.78, 5) is 0.696. The van der Waals surface area contributed by atoms with Crippen LogP contribution in [0.1, 0.15) is 19.4 Å². The zero-order valence-corrected chi connectivity index (χ0v) is 14.5. The molecule has 1 fully saturated rings. The Bertz CT molecular complexity index is 783. The number of benzene rings is 2. The van der Waals surface area contributed by atoms with E-state index in [-0.39, 0.29) is 5.56 Å². The Morgan fingerprint density at radius 1 is 1.17 bits per heavy atom. The number of hydrogen-bond donors (Lipinski definition) is 0. The second-order valence-corrected chi connectivity index (χ2v) is 7.66. The molecule has 1 aliphatic heterocycles. The van der Waals surface area contributed by atoms with Gasteiger partial charge < -0.3 is 9.47 Å². The van der Waals surface area contributed by atoms with Crippen molar-refractivity contribution in [2.45, 2.75) is 29.9 Å². The average molecular weight is 352 g/mol. The summed E-state index contributed by atoms with van der Waals surface area (Å²) in [7, 11) is -1.07. The second kappa shape index (κ2) is 5.93. The zero-order chi connectivity index (χ0) is 17.5. The Hall–Kier alpha value is -1.79. The Morgan fingerprint density at radius 3 is 2.29 bits per heavy atom. The van der Waals surface area contributed by atoms with E-state index in [0.717, 1.165) is 6.07 Å². The van der Waals surface area contributed by atoms with Gasteiger partial charge in [0.1, 0.15) is 23.0 Å². The SMILES string of the molecule is CS(=O)c1ccc(OC(C)(C)C2(c3ccc(F)cc3F)CO2)cc1. The van der Waals surface area contributed by atoms with Gasteiger partial charge in [-0.05, 0) is 44.2 Å². The van der Waals surface area contributed by atoms with Gasteiger partial charge in [0, 0.05) is 33.6 Å². The highest BCUT2D eigenvalue weighted by Crippen LogP contribution is 2.50. The summed E-state index contributed by atoms with van der Waals surface area (Å²) < 4.78 is 50.4. The third-order valence-electron chi connectivity index (χ3n) is 4.30. The van der Waals surface area contributed by atoms with Gasteiger partial charge in [-0.2, -0.15) is 0 Å². The van der Waals surface area contributed by atoms with Gasteiger partial charge in [0.15, 0.2) is 5.60 Å². The van der Waals surface area contributed by atoms with E-state index in [1.807, 2.05) is 0 Å². The summed E-state index contributed by atoms with van der Waals surface area (Å²) in [5, 5.41) is 0. The van der Waals surface area contributed by atoms with Crippen molar-refractivity contribution in [3.05, 3.63) is 59.7 Å². The van der Waals surface area contributed by atoms with Crippen LogP contribution in [0.3, 0.4) is 0 Å². The molecule has 1 aliphatic rings. The van der Waals surface area contributed by atoms with Crippen LogP contribution in [0, 0.1) is 11.6 Å². The van der Waals surface area contributed by atoms with E-state index in [1.54, 1.807) is 44.4 Å². The van der Waals surface area contributed by atoms with Gasteiger partial charge in [0.25, 0.3) is 0 Å². The van der Waals surface area contributed by atoms with Crippen molar-refractivity contribution in [1.82, 2.24) is 0 Å². The predicted molar refractivity (Wildman–Crippen MR) is 87.5 cm³/mol. The molecule has 3 rings (SSSR count). The minimum atomic E-state index is -1.07. The Labute approximate surface area is 142 Å². The predicted octanol–water partition coefficient (Wildman–Crippen LogP) is 3.79. The lowest BCUT2D eigenvalue weighted by molar-refractivity contribution is 0.0135. The normalized spacial score (nSPS) is 21.4. The van der Waals surface area contributed by atoms with Crippen LogP contribution in [0.5, 0.6) is 5.75 Å². The summed E-state index contributed by atoms with van der Waals surface area (Å²) in [6.07, 6.45) is 1.60. The van der Waals surface area contributed by atoms with Crippen molar-refractivity contribution in [2.75, 3.05) is 12.9 Å². The number of hydrogen-bond acceptors (Lipinski definition) is 3. The summed E-state index contributed by atoms with van der Waals surface area (Å²) >= 11 is 0. The smallest absolute Gasteiger partial charge is 0.158 e. The first kappa shape index (κ1) is 17.0. The summed E-state index contributed by atoms with van der Waals surface area (Å²) in [6, 6.07) is 10.3. The third-order valence-corrected chi connectivity index (χ3v) is 5.24. The van der Waals surface area contributed by atoms with Crippen molar-refractivity contribution in [3.63, 3.8) is 0 Å². The van der Waals surface area contributed by atoms with Crippen LogP contribution in [-0.2, 0) is 21.1 Å². The third kappa shape index (κ3) is 2.96. The van der Waals surface area contributed by atoms with E-state index in [1.165, 1.54) is 12.1 Å². The summed E-state index contributed by atoms with van der Waals surface area (Å²) in [5.41, 5.74) is -1.56. The lowest BCUT2D eigenvalue weighted by atomic mass is 9.84. The Kier molecular flexibility index (Phi) is 4.21. The van der Waals surface area contributed by atoms with E-state index in [0.29, 0.717) is 17.3 Å². The first-order valence-electron chi connectivity index (χ1n) is 7.47. The quantitative estimate of drug-likeness (QED) is 0.769. The molecule has 1 saturated heterocycles. The molecule has 0 aromatic heterocycles. The molecule has 24 heavy (non-hydrogen) atoms. The Balaban J connectivity index is 1.88. The molecule has 6 heteroatoms. The zero-order valence-electron chi connectivity index (χ0n) is 13.6. The molecule has 128 valence electrons. The molecule has 2 aromatic rings. The molecule has 2 aromatic carbocycles. The van der Waals surface area contributed by atoms with E-state index in [9.17, 15) is 13.0 Å². The van der Waals surface area contributed by atoms with Crippen molar-refractivity contribution >= 4 is 10.8 Å². The fourth-order valence-electron chi connectivity index (χ4n) is 2.79. The van der Waals surface area contributed by atoms with Crippen LogP contribution >= 0.6 is 0 Å². The molecule has 0 amide bonds. The highest BCUT2D eigenvalue weighted by atomic mass is 32.2. The van der Waals surface area contributed by atoms with Crippen molar-refractivity contribution in [1.29, 1.82) is 0 Å². The molecular formula is C18H18F2O3S. The van der Waals surface area contributed by atoms with Crippen LogP contribution in [0.15, 0.2) is 47.4 Å². The van der Waals surface area contributed by atoms with Gasteiger partial charge in [0.05, 0.1) is 6.61 Å². The topological polar surface area (TPSA) is 38.8 Å². The van der Waals surface area contributed by atoms with E-state index in [2.05, 4.69) is 0 Å². The largest absolute Gasteiger partial charge is 0.484 e. The highest BCUT2D eigenvalue weighted by molar-refractivity contribution is 7.84. The van der Waals surface area contributed by atoms with Gasteiger partial charge in [-0.25, -0.2) is 8.78 Å². The van der Waals surface area contributed by atoms with E-state index in [4.69, 9.17) is 9.47 Å². The van der Waals surface area contributed by atoms with Crippen molar-refractivity contribution in [2.24, 2.45) is 0 Å². The number of epoxide rings is 1. The first-order valence-corrected chi connectivity index (χ1v) is 9.03. The molecule has 3 nitrogen and oxygen atoms in total. The maximum Gasteiger partial charge on any atom is 0.158 e. The van der Waals surface area contributed by atoms with E-state index >= 15 is 0 Å². The maximum atomic E-state index is 14.2. The van der Waals surface area contributed by atoms with Crippen LogP contribution < -0.4 is 4.74 Å².